The van der Waals surface area contributed by atoms with Crippen molar-refractivity contribution in [1.82, 2.24) is 4.72 Å². The van der Waals surface area contributed by atoms with E-state index in [2.05, 4.69) is 4.72 Å². The van der Waals surface area contributed by atoms with Crippen LogP contribution in [0.3, 0.4) is 0 Å². The average molecular weight is 285 g/mol. The molecule has 0 saturated carbocycles. The number of nitrogens with one attached hydrogen (secondary N) is 1. The summed E-state index contributed by atoms with van der Waals surface area (Å²) in [5.74, 6) is 0. The zero-order chi connectivity index (χ0) is 15.1. The minimum atomic E-state index is -3.66. The summed E-state index contributed by atoms with van der Waals surface area (Å²) in [5.41, 5.74) is -0.356. The van der Waals surface area contributed by atoms with Gasteiger partial charge in [0.05, 0.1) is 16.0 Å². The van der Waals surface area contributed by atoms with Gasteiger partial charge in [-0.3, -0.25) is 0 Å². The highest BCUT2D eigenvalue weighted by Gasteiger charge is 2.38. The topological polar surface area (TPSA) is 66.4 Å². The SMILES string of the molecule is Cc1cc(C)cc(S(=O)(=O)NC(C)(C)C(C)(C)O)c1. The Morgan fingerprint density at radius 1 is 1.00 bits per heavy atom. The van der Waals surface area contributed by atoms with Crippen molar-refractivity contribution >= 4 is 10.0 Å². The molecule has 0 aliphatic carbocycles. The molecule has 0 spiro atoms. The molecular formula is C14H23NO3S. The summed E-state index contributed by atoms with van der Waals surface area (Å²) in [7, 11) is -3.66. The molecule has 1 aromatic rings. The van der Waals surface area contributed by atoms with Gasteiger partial charge in [0.2, 0.25) is 10.0 Å². The van der Waals surface area contributed by atoms with Crippen molar-refractivity contribution in [2.24, 2.45) is 0 Å². The molecule has 5 heteroatoms. The summed E-state index contributed by atoms with van der Waals surface area (Å²) in [6.07, 6.45) is 0. The second kappa shape index (κ2) is 4.89. The third-order valence-electron chi connectivity index (χ3n) is 3.42. The molecule has 0 aliphatic heterocycles. The Hall–Kier alpha value is -0.910. The monoisotopic (exact) mass is 285 g/mol. The van der Waals surface area contributed by atoms with Crippen LogP contribution in [0.1, 0.15) is 38.8 Å². The van der Waals surface area contributed by atoms with E-state index in [0.717, 1.165) is 11.1 Å². The molecule has 0 bridgehead atoms. The average Bonchev–Trinajstić information content (AvgIpc) is 2.12. The van der Waals surface area contributed by atoms with Gasteiger partial charge in [-0.05, 0) is 64.8 Å². The normalized spacial score (nSPS) is 13.6. The fraction of sp³-hybridized carbons (Fsp3) is 0.571. The van der Waals surface area contributed by atoms with Gasteiger partial charge in [0.25, 0.3) is 0 Å². The minimum Gasteiger partial charge on any atom is -0.389 e. The Morgan fingerprint density at radius 3 is 1.79 bits per heavy atom. The van der Waals surface area contributed by atoms with Gasteiger partial charge in [-0.25, -0.2) is 13.1 Å². The molecule has 0 unspecified atom stereocenters. The number of rotatable bonds is 4. The molecule has 0 radical (unpaired) electrons. The van der Waals surface area contributed by atoms with Crippen LogP contribution in [0.2, 0.25) is 0 Å². The van der Waals surface area contributed by atoms with Crippen molar-refractivity contribution in [3.63, 3.8) is 0 Å². The Bertz CT molecular complexity index is 549. The summed E-state index contributed by atoms with van der Waals surface area (Å²) in [5, 5.41) is 10.0. The predicted molar refractivity (Wildman–Crippen MR) is 76.6 cm³/mol. The Kier molecular flexibility index (Phi) is 4.15. The van der Waals surface area contributed by atoms with Crippen LogP contribution in [0.4, 0.5) is 0 Å². The molecule has 4 nitrogen and oxygen atoms in total. The standard InChI is InChI=1S/C14H23NO3S/c1-10-7-11(2)9-12(8-10)19(17,18)15-13(3,4)14(5,6)16/h7-9,15-16H,1-6H3. The molecule has 0 amide bonds. The van der Waals surface area contributed by atoms with Crippen molar-refractivity contribution in [3.8, 4) is 0 Å². The lowest BCUT2D eigenvalue weighted by Gasteiger charge is -2.37. The maximum atomic E-state index is 12.4. The lowest BCUT2D eigenvalue weighted by Crippen LogP contribution is -2.57. The van der Waals surface area contributed by atoms with E-state index in [-0.39, 0.29) is 4.90 Å². The van der Waals surface area contributed by atoms with Gasteiger partial charge in [-0.15, -0.1) is 0 Å². The second-order valence-electron chi connectivity index (χ2n) is 6.11. The van der Waals surface area contributed by atoms with Crippen LogP contribution in [-0.4, -0.2) is 24.7 Å². The van der Waals surface area contributed by atoms with Crippen LogP contribution in [0, 0.1) is 13.8 Å². The number of hydrogen-bond acceptors (Lipinski definition) is 3. The number of benzene rings is 1. The molecule has 0 aliphatic rings. The van der Waals surface area contributed by atoms with Gasteiger partial charge in [-0.2, -0.15) is 0 Å². The molecule has 0 heterocycles. The van der Waals surface area contributed by atoms with E-state index < -0.39 is 21.2 Å². The molecule has 0 atom stereocenters. The van der Waals surface area contributed by atoms with Crippen molar-refractivity contribution in [2.45, 2.75) is 57.6 Å². The quantitative estimate of drug-likeness (QED) is 0.890. The zero-order valence-electron chi connectivity index (χ0n) is 12.4. The van der Waals surface area contributed by atoms with Crippen molar-refractivity contribution in [1.29, 1.82) is 0 Å². The smallest absolute Gasteiger partial charge is 0.241 e. The van der Waals surface area contributed by atoms with Crippen LogP contribution < -0.4 is 4.72 Å². The van der Waals surface area contributed by atoms with Gasteiger partial charge in [0.15, 0.2) is 0 Å². The summed E-state index contributed by atoms with van der Waals surface area (Å²) in [6.45, 7) is 10.2. The lowest BCUT2D eigenvalue weighted by molar-refractivity contribution is 0.00639. The fourth-order valence-corrected chi connectivity index (χ4v) is 3.33. The number of hydrogen-bond donors (Lipinski definition) is 2. The molecule has 108 valence electrons. The van der Waals surface area contributed by atoms with Crippen LogP contribution >= 0.6 is 0 Å². The van der Waals surface area contributed by atoms with Gasteiger partial charge in [0.1, 0.15) is 0 Å². The third kappa shape index (κ3) is 3.78. The maximum absolute atomic E-state index is 12.4. The first-order chi connectivity index (χ1) is 8.35. The number of sulfonamides is 1. The minimum absolute atomic E-state index is 0.224. The van der Waals surface area contributed by atoms with Crippen LogP contribution in [0.25, 0.3) is 0 Å². The van der Waals surface area contributed by atoms with E-state index in [1.54, 1.807) is 39.8 Å². The molecule has 0 aromatic heterocycles. The molecule has 19 heavy (non-hydrogen) atoms. The molecule has 2 N–H and O–H groups in total. The highest BCUT2D eigenvalue weighted by Crippen LogP contribution is 2.24. The predicted octanol–water partition coefficient (Wildman–Crippen LogP) is 2.13. The number of aliphatic hydroxyl groups is 1. The first kappa shape index (κ1) is 16.1. The molecule has 1 rings (SSSR count). The third-order valence-corrected chi connectivity index (χ3v) is 5.06. The second-order valence-corrected chi connectivity index (χ2v) is 7.80. The largest absolute Gasteiger partial charge is 0.389 e. The van der Waals surface area contributed by atoms with E-state index in [1.807, 2.05) is 19.9 Å². The van der Waals surface area contributed by atoms with E-state index in [1.165, 1.54) is 0 Å². The first-order valence-electron chi connectivity index (χ1n) is 6.20. The van der Waals surface area contributed by atoms with Crippen molar-refractivity contribution in [3.05, 3.63) is 29.3 Å². The van der Waals surface area contributed by atoms with E-state index in [9.17, 15) is 13.5 Å². The summed E-state index contributed by atoms with van der Waals surface area (Å²) in [4.78, 5) is 0.224. The lowest BCUT2D eigenvalue weighted by atomic mass is 9.87. The van der Waals surface area contributed by atoms with Gasteiger partial charge in [0, 0.05) is 0 Å². The van der Waals surface area contributed by atoms with Gasteiger partial charge in [-0.1, -0.05) is 6.07 Å². The zero-order valence-corrected chi connectivity index (χ0v) is 13.2. The van der Waals surface area contributed by atoms with E-state index in [0.29, 0.717) is 0 Å². The molecule has 0 fully saturated rings. The van der Waals surface area contributed by atoms with Gasteiger partial charge >= 0.3 is 0 Å². The van der Waals surface area contributed by atoms with Crippen molar-refractivity contribution < 1.29 is 13.5 Å². The summed E-state index contributed by atoms with van der Waals surface area (Å²) < 4.78 is 27.3. The Balaban J connectivity index is 3.19. The van der Waals surface area contributed by atoms with E-state index in [4.69, 9.17) is 0 Å². The Morgan fingerprint density at radius 2 is 1.42 bits per heavy atom. The fourth-order valence-electron chi connectivity index (χ4n) is 1.61. The molecule has 0 saturated heterocycles. The molecular weight excluding hydrogens is 262 g/mol. The van der Waals surface area contributed by atoms with E-state index >= 15 is 0 Å². The Labute approximate surface area is 115 Å². The summed E-state index contributed by atoms with van der Waals surface area (Å²) >= 11 is 0. The van der Waals surface area contributed by atoms with Crippen molar-refractivity contribution in [2.75, 3.05) is 0 Å². The molecule has 1 aromatic carbocycles. The first-order valence-corrected chi connectivity index (χ1v) is 7.68. The highest BCUT2D eigenvalue weighted by atomic mass is 32.2. The van der Waals surface area contributed by atoms with Crippen LogP contribution in [-0.2, 0) is 10.0 Å². The van der Waals surface area contributed by atoms with Crippen LogP contribution in [0.5, 0.6) is 0 Å². The maximum Gasteiger partial charge on any atom is 0.241 e. The van der Waals surface area contributed by atoms with Crippen LogP contribution in [0.15, 0.2) is 23.1 Å². The summed E-state index contributed by atoms with van der Waals surface area (Å²) in [6, 6.07) is 5.16. The highest BCUT2D eigenvalue weighted by molar-refractivity contribution is 7.89. The van der Waals surface area contributed by atoms with Gasteiger partial charge < -0.3 is 5.11 Å². The number of aryl methyl sites for hydroxylation is 2.